The Morgan fingerprint density at radius 2 is 1.72 bits per heavy atom. The Bertz CT molecular complexity index is 1060. The van der Waals surface area contributed by atoms with Crippen LogP contribution in [0.15, 0.2) is 36.4 Å². The van der Waals surface area contributed by atoms with E-state index < -0.39 is 0 Å². The SMILES string of the molecule is Cc1cccc(N2CCN(C(=O)c3ccc4c(c3)N(C)C3CCCCN3C4=O)CC2)c1C. The Kier molecular flexibility index (Phi) is 5.31. The van der Waals surface area contributed by atoms with E-state index in [1.807, 2.05) is 35.0 Å². The fourth-order valence-electron chi connectivity index (χ4n) is 5.42. The molecule has 3 heterocycles. The molecule has 0 radical (unpaired) electrons. The van der Waals surface area contributed by atoms with Gasteiger partial charge in [0.2, 0.25) is 0 Å². The molecule has 3 aliphatic rings. The molecule has 2 aromatic carbocycles. The van der Waals surface area contributed by atoms with Crippen molar-refractivity contribution in [1.29, 1.82) is 0 Å². The second kappa shape index (κ2) is 8.15. The molecule has 32 heavy (non-hydrogen) atoms. The number of aryl methyl sites for hydroxylation is 1. The molecule has 0 N–H and O–H groups in total. The third-order valence-electron chi connectivity index (χ3n) is 7.52. The van der Waals surface area contributed by atoms with Crippen LogP contribution in [0.5, 0.6) is 0 Å². The summed E-state index contributed by atoms with van der Waals surface area (Å²) < 4.78 is 0. The molecule has 6 heteroatoms. The number of fused-ring (bicyclic) bond motifs is 2. The Morgan fingerprint density at radius 3 is 2.50 bits per heavy atom. The summed E-state index contributed by atoms with van der Waals surface area (Å²) >= 11 is 0. The van der Waals surface area contributed by atoms with Crippen molar-refractivity contribution in [1.82, 2.24) is 9.80 Å². The molecule has 1 unspecified atom stereocenters. The number of benzene rings is 2. The van der Waals surface area contributed by atoms with E-state index in [0.29, 0.717) is 24.2 Å². The lowest BCUT2D eigenvalue weighted by atomic mass is 9.97. The van der Waals surface area contributed by atoms with Crippen molar-refractivity contribution in [3.63, 3.8) is 0 Å². The standard InChI is InChI=1S/C26H32N4O2/c1-18-7-6-8-22(19(18)2)28-13-15-29(16-14-28)25(31)20-10-11-21-23(17-20)27(3)24-9-4-5-12-30(24)26(21)32/h6-8,10-11,17,24H,4-5,9,12-16H2,1-3H3. The van der Waals surface area contributed by atoms with Gasteiger partial charge in [0.05, 0.1) is 11.3 Å². The Labute approximate surface area is 190 Å². The van der Waals surface area contributed by atoms with Crippen LogP contribution in [-0.2, 0) is 0 Å². The van der Waals surface area contributed by atoms with Gasteiger partial charge in [-0.05, 0) is 68.5 Å². The van der Waals surface area contributed by atoms with Crippen LogP contribution < -0.4 is 9.80 Å². The summed E-state index contributed by atoms with van der Waals surface area (Å²) in [7, 11) is 2.05. The van der Waals surface area contributed by atoms with E-state index in [4.69, 9.17) is 0 Å². The highest BCUT2D eigenvalue weighted by Gasteiger charge is 2.37. The number of carbonyl (C=O) groups is 2. The van der Waals surface area contributed by atoms with Crippen molar-refractivity contribution >= 4 is 23.2 Å². The van der Waals surface area contributed by atoms with Crippen LogP contribution in [0.4, 0.5) is 11.4 Å². The van der Waals surface area contributed by atoms with Gasteiger partial charge >= 0.3 is 0 Å². The third kappa shape index (κ3) is 3.42. The van der Waals surface area contributed by atoms with Gasteiger partial charge in [-0.2, -0.15) is 0 Å². The first-order valence-corrected chi connectivity index (χ1v) is 11.7. The molecule has 0 aromatic heterocycles. The first-order valence-electron chi connectivity index (χ1n) is 11.7. The van der Waals surface area contributed by atoms with Crippen LogP contribution in [0.2, 0.25) is 0 Å². The van der Waals surface area contributed by atoms with E-state index in [9.17, 15) is 9.59 Å². The van der Waals surface area contributed by atoms with E-state index in [0.717, 1.165) is 44.6 Å². The van der Waals surface area contributed by atoms with Gasteiger partial charge < -0.3 is 19.6 Å². The number of piperidine rings is 1. The van der Waals surface area contributed by atoms with E-state index in [1.54, 1.807) is 0 Å². The highest BCUT2D eigenvalue weighted by atomic mass is 16.2. The molecule has 0 saturated carbocycles. The van der Waals surface area contributed by atoms with E-state index in [1.165, 1.54) is 16.8 Å². The number of anilines is 2. The molecule has 2 fully saturated rings. The number of piperazine rings is 1. The van der Waals surface area contributed by atoms with Gasteiger partial charge in [-0.1, -0.05) is 12.1 Å². The van der Waals surface area contributed by atoms with E-state index in [-0.39, 0.29) is 18.0 Å². The van der Waals surface area contributed by atoms with Gasteiger partial charge in [-0.3, -0.25) is 9.59 Å². The lowest BCUT2D eigenvalue weighted by Gasteiger charge is -2.46. The maximum Gasteiger partial charge on any atom is 0.257 e. The van der Waals surface area contributed by atoms with Crippen molar-refractivity contribution in [3.8, 4) is 0 Å². The van der Waals surface area contributed by atoms with Crippen LogP contribution in [0.3, 0.4) is 0 Å². The maximum absolute atomic E-state index is 13.3. The molecule has 2 amide bonds. The predicted octanol–water partition coefficient (Wildman–Crippen LogP) is 3.67. The van der Waals surface area contributed by atoms with Gasteiger partial charge in [-0.25, -0.2) is 0 Å². The Morgan fingerprint density at radius 1 is 0.938 bits per heavy atom. The van der Waals surface area contributed by atoms with Crippen LogP contribution in [0.25, 0.3) is 0 Å². The number of nitrogens with zero attached hydrogens (tertiary/aromatic N) is 4. The predicted molar refractivity (Wildman–Crippen MR) is 128 cm³/mol. The highest BCUT2D eigenvalue weighted by molar-refractivity contribution is 6.04. The van der Waals surface area contributed by atoms with Gasteiger partial charge in [0.25, 0.3) is 11.8 Å². The average molecular weight is 433 g/mol. The minimum atomic E-state index is 0.0559. The molecule has 0 bridgehead atoms. The molecule has 3 aliphatic heterocycles. The number of hydrogen-bond donors (Lipinski definition) is 0. The zero-order chi connectivity index (χ0) is 22.4. The zero-order valence-corrected chi connectivity index (χ0v) is 19.3. The maximum atomic E-state index is 13.3. The first kappa shape index (κ1) is 20.9. The first-order chi connectivity index (χ1) is 15.5. The second-order valence-electron chi connectivity index (χ2n) is 9.32. The second-order valence-corrected chi connectivity index (χ2v) is 9.32. The molecule has 0 aliphatic carbocycles. The lowest BCUT2D eigenvalue weighted by molar-refractivity contribution is 0.0588. The summed E-state index contributed by atoms with van der Waals surface area (Å²) in [4.78, 5) is 34.8. The summed E-state index contributed by atoms with van der Waals surface area (Å²) in [6.07, 6.45) is 3.29. The van der Waals surface area contributed by atoms with Crippen LogP contribution in [0.1, 0.15) is 51.1 Å². The third-order valence-corrected chi connectivity index (χ3v) is 7.52. The zero-order valence-electron chi connectivity index (χ0n) is 19.3. The molecular weight excluding hydrogens is 400 g/mol. The fourth-order valence-corrected chi connectivity index (χ4v) is 5.42. The van der Waals surface area contributed by atoms with Crippen molar-refractivity contribution < 1.29 is 9.59 Å². The summed E-state index contributed by atoms with van der Waals surface area (Å²) in [5, 5.41) is 0. The molecule has 168 valence electrons. The van der Waals surface area contributed by atoms with E-state index >= 15 is 0 Å². The fraction of sp³-hybridized carbons (Fsp3) is 0.462. The number of rotatable bonds is 2. The normalized spacial score (nSPS) is 20.8. The minimum Gasteiger partial charge on any atom is -0.368 e. The van der Waals surface area contributed by atoms with Gasteiger partial charge in [0, 0.05) is 51.0 Å². The monoisotopic (exact) mass is 432 g/mol. The van der Waals surface area contributed by atoms with Crippen molar-refractivity contribution in [2.45, 2.75) is 39.3 Å². The van der Waals surface area contributed by atoms with Gasteiger partial charge in [0.15, 0.2) is 0 Å². The minimum absolute atomic E-state index is 0.0559. The molecule has 0 spiro atoms. The highest BCUT2D eigenvalue weighted by Crippen LogP contribution is 2.35. The number of hydrogen-bond acceptors (Lipinski definition) is 4. The van der Waals surface area contributed by atoms with E-state index in [2.05, 4.69) is 41.8 Å². The summed E-state index contributed by atoms with van der Waals surface area (Å²) in [6, 6.07) is 12.0. The molecular formula is C26H32N4O2. The lowest BCUT2D eigenvalue weighted by Crippen LogP contribution is -2.56. The molecule has 2 saturated heterocycles. The quantitative estimate of drug-likeness (QED) is 0.727. The van der Waals surface area contributed by atoms with Crippen molar-refractivity contribution in [3.05, 3.63) is 58.7 Å². The number of amides is 2. The van der Waals surface area contributed by atoms with Crippen LogP contribution in [-0.4, -0.2) is 67.6 Å². The topological polar surface area (TPSA) is 47.1 Å². The van der Waals surface area contributed by atoms with Crippen LogP contribution in [0, 0.1) is 13.8 Å². The Balaban J connectivity index is 1.32. The molecule has 1 atom stereocenters. The largest absolute Gasteiger partial charge is 0.368 e. The summed E-state index contributed by atoms with van der Waals surface area (Å²) in [6.45, 7) is 8.19. The summed E-state index contributed by atoms with van der Waals surface area (Å²) in [5.74, 6) is 0.157. The van der Waals surface area contributed by atoms with Gasteiger partial charge in [0.1, 0.15) is 6.17 Å². The Hall–Kier alpha value is -3.02. The number of carbonyl (C=O) groups excluding carboxylic acids is 2. The smallest absolute Gasteiger partial charge is 0.257 e. The average Bonchev–Trinajstić information content (AvgIpc) is 2.83. The molecule has 6 nitrogen and oxygen atoms in total. The molecule has 2 aromatic rings. The van der Waals surface area contributed by atoms with Crippen molar-refractivity contribution in [2.24, 2.45) is 0 Å². The summed E-state index contributed by atoms with van der Waals surface area (Å²) in [5.41, 5.74) is 6.15. The van der Waals surface area contributed by atoms with Crippen LogP contribution >= 0.6 is 0 Å². The van der Waals surface area contributed by atoms with Crippen molar-refractivity contribution in [2.75, 3.05) is 49.6 Å². The van der Waals surface area contributed by atoms with Gasteiger partial charge in [-0.15, -0.1) is 0 Å². The molecule has 5 rings (SSSR count).